The van der Waals surface area contributed by atoms with Crippen LogP contribution in [0.1, 0.15) is 20.3 Å². The first-order valence-corrected chi connectivity index (χ1v) is 2.89. The fourth-order valence-electron chi connectivity index (χ4n) is 0.528. The number of hydrogen-bond donors (Lipinski definition) is 0. The molecule has 51 valence electrons. The van der Waals surface area contributed by atoms with E-state index in [0.29, 0.717) is 12.3 Å². The fourth-order valence-corrected chi connectivity index (χ4v) is 0.528. The fraction of sp³-hybridized carbons (Fsp3) is 0.714. The Kier molecular flexibility index (Phi) is 9.53. The van der Waals surface area contributed by atoms with Gasteiger partial charge in [0, 0.05) is 32.7 Å². The van der Waals surface area contributed by atoms with Gasteiger partial charge >= 0.3 is 0 Å². The van der Waals surface area contributed by atoms with Crippen LogP contribution in [0.25, 0.3) is 0 Å². The van der Waals surface area contributed by atoms with E-state index in [1.807, 2.05) is 20.1 Å². The average molecular weight is 201 g/mol. The number of hydrogen-bond acceptors (Lipinski definition) is 1. The summed E-state index contributed by atoms with van der Waals surface area (Å²) in [4.78, 5) is 10.0. The Morgan fingerprint density at radius 3 is 2.00 bits per heavy atom. The van der Waals surface area contributed by atoms with E-state index in [2.05, 4.69) is 6.92 Å². The molecule has 0 aliphatic rings. The average Bonchev–Trinajstić information content (AvgIpc) is 1.69. The third kappa shape index (κ3) is 5.23. The molecule has 1 unspecified atom stereocenters. The Bertz CT molecular complexity index is 71.3. The minimum Gasteiger partial charge on any atom is -0.542 e. The van der Waals surface area contributed by atoms with Gasteiger partial charge in [-0.3, -0.25) is 6.29 Å². The molecular formula is C7H12OY-2. The van der Waals surface area contributed by atoms with Gasteiger partial charge in [-0.15, -0.1) is 0 Å². The van der Waals surface area contributed by atoms with Crippen LogP contribution in [0.5, 0.6) is 0 Å². The van der Waals surface area contributed by atoms with Crippen molar-refractivity contribution in [2.75, 3.05) is 0 Å². The molecule has 9 heavy (non-hydrogen) atoms. The molecule has 0 heterocycles. The van der Waals surface area contributed by atoms with E-state index in [-0.39, 0.29) is 38.6 Å². The van der Waals surface area contributed by atoms with Crippen LogP contribution in [0.15, 0.2) is 0 Å². The van der Waals surface area contributed by atoms with Gasteiger partial charge in [-0.1, -0.05) is 19.8 Å². The molecule has 0 fully saturated rings. The molecule has 0 aliphatic heterocycles. The summed E-state index contributed by atoms with van der Waals surface area (Å²) in [6.07, 6.45) is 2.61. The summed E-state index contributed by atoms with van der Waals surface area (Å²) in [6.45, 7) is 7.62. The van der Waals surface area contributed by atoms with Crippen LogP contribution in [0.2, 0.25) is 0 Å². The molecule has 0 saturated heterocycles. The van der Waals surface area contributed by atoms with E-state index in [9.17, 15) is 4.79 Å². The van der Waals surface area contributed by atoms with Crippen molar-refractivity contribution in [2.24, 2.45) is 11.8 Å². The smallest absolute Gasteiger partial charge is 0 e. The third-order valence-corrected chi connectivity index (χ3v) is 1.27. The zero-order chi connectivity index (χ0) is 6.57. The molecule has 1 nitrogen and oxygen atoms in total. The molecule has 0 amide bonds. The Hall–Kier alpha value is 0.774. The van der Waals surface area contributed by atoms with Gasteiger partial charge in [0.05, 0.1) is 0 Å². The van der Waals surface area contributed by atoms with Crippen LogP contribution in [0.4, 0.5) is 0 Å². The van der Waals surface area contributed by atoms with E-state index in [0.717, 1.165) is 0 Å². The van der Waals surface area contributed by atoms with E-state index in [1.54, 1.807) is 0 Å². The van der Waals surface area contributed by atoms with Crippen LogP contribution >= 0.6 is 0 Å². The minimum absolute atomic E-state index is 0. The van der Waals surface area contributed by atoms with Gasteiger partial charge in [-0.05, 0) is 0 Å². The first-order chi connectivity index (χ1) is 3.72. The van der Waals surface area contributed by atoms with Gasteiger partial charge in [0.2, 0.25) is 0 Å². The van der Waals surface area contributed by atoms with Crippen LogP contribution < -0.4 is 0 Å². The Balaban J connectivity index is 0. The zero-order valence-corrected chi connectivity index (χ0v) is 8.89. The van der Waals surface area contributed by atoms with Gasteiger partial charge in [-0.2, -0.15) is 5.92 Å². The largest absolute Gasteiger partial charge is 0.542 e. The van der Waals surface area contributed by atoms with Crippen molar-refractivity contribution in [3.05, 3.63) is 6.92 Å². The van der Waals surface area contributed by atoms with Crippen molar-refractivity contribution >= 4 is 6.29 Å². The molecule has 0 spiro atoms. The standard InChI is InChI=1S/C7H12O.Y/c1-4-7(5-8)6(2)3;/h6-7H,1,4H2,2-3H3;/q-2;. The molecular weight excluding hydrogens is 189 g/mol. The molecule has 0 N–H and O–H groups in total. The van der Waals surface area contributed by atoms with Gasteiger partial charge < -0.3 is 11.7 Å². The van der Waals surface area contributed by atoms with E-state index < -0.39 is 0 Å². The van der Waals surface area contributed by atoms with Crippen molar-refractivity contribution in [1.82, 2.24) is 0 Å². The van der Waals surface area contributed by atoms with Crippen LogP contribution in [0, 0.1) is 18.8 Å². The predicted molar refractivity (Wildman–Crippen MR) is 34.0 cm³/mol. The summed E-state index contributed by atoms with van der Waals surface area (Å²) in [5.74, 6) is 0.431. The van der Waals surface area contributed by atoms with E-state index in [1.165, 1.54) is 0 Å². The predicted octanol–water partition coefficient (Wildman–Crippen LogP) is 1.59. The molecule has 0 aliphatic carbocycles. The summed E-state index contributed by atoms with van der Waals surface area (Å²) in [5.41, 5.74) is 0. The third-order valence-electron chi connectivity index (χ3n) is 1.27. The van der Waals surface area contributed by atoms with E-state index >= 15 is 0 Å². The Morgan fingerprint density at radius 1 is 1.56 bits per heavy atom. The van der Waals surface area contributed by atoms with E-state index in [4.69, 9.17) is 0 Å². The normalized spacial score (nSPS) is 12.4. The van der Waals surface area contributed by atoms with Crippen LogP contribution in [-0.4, -0.2) is 6.29 Å². The zero-order valence-electron chi connectivity index (χ0n) is 6.05. The summed E-state index contributed by atoms with van der Waals surface area (Å²) < 4.78 is 0. The number of rotatable bonds is 3. The minimum atomic E-state index is 0. The monoisotopic (exact) mass is 201 g/mol. The van der Waals surface area contributed by atoms with Gasteiger partial charge in [0.15, 0.2) is 0 Å². The van der Waals surface area contributed by atoms with Crippen molar-refractivity contribution in [3.63, 3.8) is 0 Å². The molecule has 1 atom stereocenters. The topological polar surface area (TPSA) is 17.1 Å². The SMILES string of the molecule is [CH2-]CC([C-]=O)C(C)C.[Y]. The summed E-state index contributed by atoms with van der Waals surface area (Å²) >= 11 is 0. The summed E-state index contributed by atoms with van der Waals surface area (Å²) in [6, 6.07) is 0. The first kappa shape index (κ1) is 12.5. The van der Waals surface area contributed by atoms with Crippen LogP contribution in [0.3, 0.4) is 0 Å². The van der Waals surface area contributed by atoms with Crippen molar-refractivity contribution < 1.29 is 37.5 Å². The van der Waals surface area contributed by atoms with Crippen molar-refractivity contribution in [2.45, 2.75) is 20.3 Å². The van der Waals surface area contributed by atoms with Gasteiger partial charge in [-0.25, -0.2) is 6.42 Å². The Labute approximate surface area is 82.5 Å². The van der Waals surface area contributed by atoms with Crippen LogP contribution in [-0.2, 0) is 37.5 Å². The second-order valence-corrected chi connectivity index (χ2v) is 2.26. The second-order valence-electron chi connectivity index (χ2n) is 2.26. The molecule has 0 rings (SSSR count). The molecule has 0 bridgehead atoms. The number of carbonyl (C=O) groups excluding carboxylic acids is 1. The summed E-state index contributed by atoms with van der Waals surface area (Å²) in [7, 11) is 0. The molecule has 0 aromatic rings. The Morgan fingerprint density at radius 2 is 2.00 bits per heavy atom. The van der Waals surface area contributed by atoms with Crippen molar-refractivity contribution in [3.8, 4) is 0 Å². The second kappa shape index (κ2) is 6.89. The van der Waals surface area contributed by atoms with Crippen molar-refractivity contribution in [1.29, 1.82) is 0 Å². The maximum Gasteiger partial charge on any atom is 0 e. The first-order valence-electron chi connectivity index (χ1n) is 2.89. The quantitative estimate of drug-likeness (QED) is 0.633. The molecule has 0 saturated carbocycles. The molecule has 2 heteroatoms. The molecule has 0 aromatic carbocycles. The van der Waals surface area contributed by atoms with Gasteiger partial charge in [0.1, 0.15) is 0 Å². The maximum absolute atomic E-state index is 10.0. The maximum atomic E-state index is 10.0. The van der Waals surface area contributed by atoms with Gasteiger partial charge in [0.25, 0.3) is 0 Å². The molecule has 1 radical (unpaired) electrons. The summed E-state index contributed by atoms with van der Waals surface area (Å²) in [5, 5.41) is 0. The molecule has 0 aromatic heterocycles.